The Labute approximate surface area is 115 Å². The van der Waals surface area contributed by atoms with Crippen LogP contribution in [-0.2, 0) is 0 Å². The molecule has 2 aromatic carbocycles. The summed E-state index contributed by atoms with van der Waals surface area (Å²) in [6.45, 7) is 1.80. The van der Waals surface area contributed by atoms with E-state index in [0.717, 1.165) is 16.5 Å². The third kappa shape index (κ3) is 2.07. The fourth-order valence-corrected chi connectivity index (χ4v) is 2.29. The van der Waals surface area contributed by atoms with Gasteiger partial charge < -0.3 is 0 Å². The molecule has 0 atom stereocenters. The maximum absolute atomic E-state index is 13.4. The Bertz CT molecular complexity index is 806. The van der Waals surface area contributed by atoms with E-state index < -0.39 is 5.82 Å². The highest BCUT2D eigenvalue weighted by atomic mass is 19.1. The van der Waals surface area contributed by atoms with Crippen LogP contribution in [0.25, 0.3) is 10.9 Å². The first-order valence-corrected chi connectivity index (χ1v) is 6.31. The predicted octanol–water partition coefficient (Wildman–Crippen LogP) is 3.91. The van der Waals surface area contributed by atoms with Crippen LogP contribution in [0.1, 0.15) is 21.5 Å². The number of aromatic nitrogens is 1. The number of ketones is 1. The molecular weight excluding hydrogens is 253 g/mol. The van der Waals surface area contributed by atoms with Gasteiger partial charge in [-0.25, -0.2) is 4.39 Å². The summed E-state index contributed by atoms with van der Waals surface area (Å²) in [6.07, 6.45) is 1.68. The van der Waals surface area contributed by atoms with Crippen molar-refractivity contribution in [1.29, 1.82) is 0 Å². The zero-order valence-corrected chi connectivity index (χ0v) is 10.9. The minimum absolute atomic E-state index is 0.180. The second-order valence-electron chi connectivity index (χ2n) is 4.66. The highest BCUT2D eigenvalue weighted by Crippen LogP contribution is 2.22. The van der Waals surface area contributed by atoms with Gasteiger partial charge in [-0.05, 0) is 36.8 Å². The molecule has 0 radical (unpaired) electrons. The molecule has 3 heteroatoms. The van der Waals surface area contributed by atoms with E-state index in [9.17, 15) is 9.18 Å². The van der Waals surface area contributed by atoms with E-state index >= 15 is 0 Å². The molecule has 0 bridgehead atoms. The minimum Gasteiger partial charge on any atom is -0.289 e. The van der Waals surface area contributed by atoms with Gasteiger partial charge in [0, 0.05) is 22.7 Å². The molecule has 0 unspecified atom stereocenters. The number of halogens is 1. The van der Waals surface area contributed by atoms with Gasteiger partial charge in [-0.3, -0.25) is 9.78 Å². The number of fused-ring (bicyclic) bond motifs is 1. The van der Waals surface area contributed by atoms with E-state index in [1.165, 1.54) is 12.1 Å². The van der Waals surface area contributed by atoms with E-state index in [2.05, 4.69) is 4.98 Å². The molecule has 0 aliphatic carbocycles. The van der Waals surface area contributed by atoms with Crippen molar-refractivity contribution in [2.24, 2.45) is 0 Å². The number of benzene rings is 2. The van der Waals surface area contributed by atoms with E-state index in [0.29, 0.717) is 11.1 Å². The number of carbonyl (C=O) groups excluding carboxylic acids is 1. The van der Waals surface area contributed by atoms with Crippen molar-refractivity contribution in [2.75, 3.05) is 0 Å². The van der Waals surface area contributed by atoms with Gasteiger partial charge in [0.25, 0.3) is 0 Å². The molecule has 3 rings (SSSR count). The summed E-state index contributed by atoms with van der Waals surface area (Å²) >= 11 is 0. The highest BCUT2D eigenvalue weighted by molar-refractivity contribution is 6.16. The lowest BCUT2D eigenvalue weighted by molar-refractivity contribution is 0.103. The first-order chi connectivity index (χ1) is 9.66. The van der Waals surface area contributed by atoms with Crippen LogP contribution in [0.2, 0.25) is 0 Å². The summed E-state index contributed by atoms with van der Waals surface area (Å²) < 4.78 is 13.4. The second-order valence-corrected chi connectivity index (χ2v) is 4.66. The topological polar surface area (TPSA) is 30.0 Å². The average Bonchev–Trinajstić information content (AvgIpc) is 2.48. The molecular formula is C17H12FNO. The van der Waals surface area contributed by atoms with Crippen molar-refractivity contribution in [2.45, 2.75) is 6.92 Å². The van der Waals surface area contributed by atoms with Crippen molar-refractivity contribution < 1.29 is 9.18 Å². The number of aryl methyl sites for hydroxylation is 1. The Balaban J connectivity index is 2.20. The van der Waals surface area contributed by atoms with Gasteiger partial charge in [-0.2, -0.15) is 0 Å². The number of hydrogen-bond acceptors (Lipinski definition) is 2. The smallest absolute Gasteiger partial charge is 0.194 e. The van der Waals surface area contributed by atoms with E-state index in [-0.39, 0.29) is 5.78 Å². The first-order valence-electron chi connectivity index (χ1n) is 6.31. The fourth-order valence-electron chi connectivity index (χ4n) is 2.29. The van der Waals surface area contributed by atoms with Crippen molar-refractivity contribution in [3.8, 4) is 0 Å². The maximum Gasteiger partial charge on any atom is 0.194 e. The normalized spacial score (nSPS) is 10.7. The largest absolute Gasteiger partial charge is 0.289 e. The molecule has 0 amide bonds. The van der Waals surface area contributed by atoms with Crippen molar-refractivity contribution in [3.63, 3.8) is 0 Å². The summed E-state index contributed by atoms with van der Waals surface area (Å²) in [5.41, 5.74) is 2.45. The van der Waals surface area contributed by atoms with Crippen molar-refractivity contribution >= 4 is 16.7 Å². The molecule has 98 valence electrons. The molecule has 2 nitrogen and oxygen atoms in total. The summed E-state index contributed by atoms with van der Waals surface area (Å²) in [7, 11) is 0. The highest BCUT2D eigenvalue weighted by Gasteiger charge is 2.15. The van der Waals surface area contributed by atoms with Gasteiger partial charge in [0.2, 0.25) is 0 Å². The van der Waals surface area contributed by atoms with Gasteiger partial charge in [0.05, 0.1) is 5.52 Å². The summed E-state index contributed by atoms with van der Waals surface area (Å²) in [5.74, 6) is -0.585. The molecule has 0 saturated heterocycles. The molecule has 3 aromatic rings. The summed E-state index contributed by atoms with van der Waals surface area (Å²) in [5, 5.41) is 0.781. The Hall–Kier alpha value is -2.55. The predicted molar refractivity (Wildman–Crippen MR) is 76.3 cm³/mol. The first kappa shape index (κ1) is 12.5. The van der Waals surface area contributed by atoms with E-state index in [1.807, 2.05) is 12.1 Å². The lowest BCUT2D eigenvalue weighted by Gasteiger charge is -2.08. The Morgan fingerprint density at radius 1 is 1.05 bits per heavy atom. The second kappa shape index (κ2) is 4.85. The number of hydrogen-bond donors (Lipinski definition) is 0. The number of nitrogens with zero attached hydrogens (tertiary/aromatic N) is 1. The van der Waals surface area contributed by atoms with Crippen LogP contribution >= 0.6 is 0 Å². The van der Waals surface area contributed by atoms with Crippen LogP contribution in [0.3, 0.4) is 0 Å². The SMILES string of the molecule is Cc1ccc(F)cc1C(=O)c1cccc2ncccc12. The monoisotopic (exact) mass is 265 g/mol. The Morgan fingerprint density at radius 2 is 1.90 bits per heavy atom. The minimum atomic E-state index is -0.405. The maximum atomic E-state index is 13.4. The zero-order chi connectivity index (χ0) is 14.1. The number of carbonyl (C=O) groups is 1. The number of pyridine rings is 1. The molecule has 20 heavy (non-hydrogen) atoms. The third-order valence-corrected chi connectivity index (χ3v) is 3.33. The standard InChI is InChI=1S/C17H12FNO/c1-11-7-8-12(18)10-15(11)17(20)14-4-2-6-16-13(14)5-3-9-19-16/h2-10H,1H3. The van der Waals surface area contributed by atoms with Crippen LogP contribution in [-0.4, -0.2) is 10.8 Å². The van der Waals surface area contributed by atoms with Crippen LogP contribution in [0.15, 0.2) is 54.7 Å². The average molecular weight is 265 g/mol. The molecule has 0 N–H and O–H groups in total. The Morgan fingerprint density at radius 3 is 2.75 bits per heavy atom. The van der Waals surface area contributed by atoms with Gasteiger partial charge in [-0.1, -0.05) is 24.3 Å². The van der Waals surface area contributed by atoms with Crippen LogP contribution in [0.4, 0.5) is 4.39 Å². The number of rotatable bonds is 2. The molecule has 1 heterocycles. The molecule has 0 fully saturated rings. The van der Waals surface area contributed by atoms with Gasteiger partial charge in [-0.15, -0.1) is 0 Å². The fraction of sp³-hybridized carbons (Fsp3) is 0.0588. The zero-order valence-electron chi connectivity index (χ0n) is 10.9. The molecule has 0 aliphatic rings. The molecule has 0 spiro atoms. The Kier molecular flexibility index (Phi) is 3.03. The van der Waals surface area contributed by atoms with Crippen LogP contribution in [0, 0.1) is 12.7 Å². The summed E-state index contributed by atoms with van der Waals surface area (Å²) in [6, 6.07) is 13.3. The van der Waals surface area contributed by atoms with Gasteiger partial charge in [0.15, 0.2) is 5.78 Å². The summed E-state index contributed by atoms with van der Waals surface area (Å²) in [4.78, 5) is 16.9. The molecule has 0 saturated carbocycles. The van der Waals surface area contributed by atoms with Gasteiger partial charge >= 0.3 is 0 Å². The third-order valence-electron chi connectivity index (χ3n) is 3.33. The van der Waals surface area contributed by atoms with Gasteiger partial charge in [0.1, 0.15) is 5.82 Å². The lowest BCUT2D eigenvalue weighted by Crippen LogP contribution is -2.05. The molecule has 0 aliphatic heterocycles. The quantitative estimate of drug-likeness (QED) is 0.657. The van der Waals surface area contributed by atoms with E-state index in [4.69, 9.17) is 0 Å². The van der Waals surface area contributed by atoms with Crippen molar-refractivity contribution in [1.82, 2.24) is 4.98 Å². The lowest BCUT2D eigenvalue weighted by atomic mass is 9.96. The van der Waals surface area contributed by atoms with E-state index in [1.54, 1.807) is 37.4 Å². The molecule has 1 aromatic heterocycles. The van der Waals surface area contributed by atoms with Crippen LogP contribution in [0.5, 0.6) is 0 Å². The van der Waals surface area contributed by atoms with Crippen LogP contribution < -0.4 is 0 Å². The van der Waals surface area contributed by atoms with Crippen molar-refractivity contribution in [3.05, 3.63) is 77.2 Å².